The Bertz CT molecular complexity index is 339. The number of halogens is 1. The van der Waals surface area contributed by atoms with E-state index in [1.165, 1.54) is 38.5 Å². The fourth-order valence-corrected chi connectivity index (χ4v) is 2.94. The number of rotatable bonds is 3. The Morgan fingerprint density at radius 3 is 2.47 bits per heavy atom. The fourth-order valence-electron chi connectivity index (χ4n) is 2.38. The summed E-state index contributed by atoms with van der Waals surface area (Å²) < 4.78 is 7.01. The lowest BCUT2D eigenvalue weighted by molar-refractivity contribution is 0.0310. The van der Waals surface area contributed by atoms with Crippen molar-refractivity contribution in [3.63, 3.8) is 0 Å². The lowest BCUT2D eigenvalue weighted by Gasteiger charge is -2.15. The van der Waals surface area contributed by atoms with Gasteiger partial charge in [-0.15, -0.1) is 0 Å². The first-order chi connectivity index (χ1) is 8.24. The van der Waals surface area contributed by atoms with Gasteiger partial charge in [0.15, 0.2) is 0 Å². The highest BCUT2D eigenvalue weighted by Gasteiger charge is 2.12. The van der Waals surface area contributed by atoms with E-state index in [1.54, 1.807) is 0 Å². The zero-order valence-electron chi connectivity index (χ0n) is 10.1. The predicted molar refractivity (Wildman–Crippen MR) is 74.8 cm³/mol. The maximum absolute atomic E-state index is 5.98. The summed E-state index contributed by atoms with van der Waals surface area (Å²) in [4.78, 5) is 0. The van der Waals surface area contributed by atoms with Gasteiger partial charge >= 0.3 is 0 Å². The molecule has 1 saturated carbocycles. The lowest BCUT2D eigenvalue weighted by atomic mass is 10.1. The number of ether oxygens (including phenoxy) is 1. The first kappa shape index (κ1) is 12.9. The molecule has 2 N–H and O–H groups in total. The smallest absolute Gasteiger partial charge is 0.0721 e. The van der Waals surface area contributed by atoms with Crippen molar-refractivity contribution >= 4 is 21.6 Å². The fraction of sp³-hybridized carbons (Fsp3) is 0.571. The van der Waals surface area contributed by atoms with Crippen LogP contribution in [-0.4, -0.2) is 6.10 Å². The van der Waals surface area contributed by atoms with E-state index in [0.29, 0.717) is 12.7 Å². The Morgan fingerprint density at radius 2 is 1.82 bits per heavy atom. The van der Waals surface area contributed by atoms with Crippen LogP contribution in [0.4, 0.5) is 5.69 Å². The summed E-state index contributed by atoms with van der Waals surface area (Å²) in [6.07, 6.45) is 8.22. The van der Waals surface area contributed by atoms with Crippen LogP contribution in [0.1, 0.15) is 44.1 Å². The number of benzene rings is 1. The Hall–Kier alpha value is -0.540. The molecule has 0 aliphatic heterocycles. The number of hydrogen-bond donors (Lipinski definition) is 1. The van der Waals surface area contributed by atoms with Gasteiger partial charge in [-0.3, -0.25) is 0 Å². The van der Waals surface area contributed by atoms with Crippen molar-refractivity contribution in [1.29, 1.82) is 0 Å². The standard InChI is InChI=1S/C14H20BrNO/c15-12-7-11(8-13(16)9-12)10-17-14-5-3-1-2-4-6-14/h7-9,14H,1-6,10,16H2. The zero-order chi connectivity index (χ0) is 12.1. The molecular weight excluding hydrogens is 278 g/mol. The molecule has 17 heavy (non-hydrogen) atoms. The van der Waals surface area contributed by atoms with Crippen LogP contribution in [0.15, 0.2) is 22.7 Å². The first-order valence-electron chi connectivity index (χ1n) is 6.40. The van der Waals surface area contributed by atoms with Gasteiger partial charge in [0.05, 0.1) is 12.7 Å². The van der Waals surface area contributed by atoms with Crippen LogP contribution in [0.2, 0.25) is 0 Å². The third-order valence-electron chi connectivity index (χ3n) is 3.27. The van der Waals surface area contributed by atoms with Crippen LogP contribution in [0.5, 0.6) is 0 Å². The van der Waals surface area contributed by atoms with Crippen LogP contribution < -0.4 is 5.73 Å². The van der Waals surface area contributed by atoms with Gasteiger partial charge in [0, 0.05) is 10.2 Å². The summed E-state index contributed by atoms with van der Waals surface area (Å²) >= 11 is 3.46. The Kier molecular flexibility index (Phi) is 4.86. The largest absolute Gasteiger partial charge is 0.399 e. The van der Waals surface area contributed by atoms with Crippen molar-refractivity contribution < 1.29 is 4.74 Å². The van der Waals surface area contributed by atoms with Gasteiger partial charge in [0.25, 0.3) is 0 Å². The van der Waals surface area contributed by atoms with Crippen LogP contribution in [0.3, 0.4) is 0 Å². The van der Waals surface area contributed by atoms with Crippen molar-refractivity contribution in [2.45, 2.75) is 51.2 Å². The van der Waals surface area contributed by atoms with E-state index in [1.807, 2.05) is 12.1 Å². The average molecular weight is 298 g/mol. The van der Waals surface area contributed by atoms with Crippen molar-refractivity contribution in [1.82, 2.24) is 0 Å². The van der Waals surface area contributed by atoms with E-state index in [9.17, 15) is 0 Å². The quantitative estimate of drug-likeness (QED) is 0.668. The van der Waals surface area contributed by atoms with Crippen molar-refractivity contribution in [2.75, 3.05) is 5.73 Å². The molecule has 0 heterocycles. The predicted octanol–water partition coefficient (Wildman–Crippen LogP) is 4.27. The molecule has 3 heteroatoms. The monoisotopic (exact) mass is 297 g/mol. The minimum Gasteiger partial charge on any atom is -0.399 e. The van der Waals surface area contributed by atoms with Gasteiger partial charge in [0.2, 0.25) is 0 Å². The molecule has 0 unspecified atom stereocenters. The highest BCUT2D eigenvalue weighted by atomic mass is 79.9. The van der Waals surface area contributed by atoms with Crippen LogP contribution in [0.25, 0.3) is 0 Å². The summed E-state index contributed by atoms with van der Waals surface area (Å²) in [7, 11) is 0. The Morgan fingerprint density at radius 1 is 1.12 bits per heavy atom. The van der Waals surface area contributed by atoms with E-state index >= 15 is 0 Å². The summed E-state index contributed by atoms with van der Waals surface area (Å²) in [6, 6.07) is 5.98. The second-order valence-corrected chi connectivity index (χ2v) is 5.73. The maximum atomic E-state index is 5.98. The van der Waals surface area contributed by atoms with Crippen molar-refractivity contribution in [3.05, 3.63) is 28.2 Å². The minimum absolute atomic E-state index is 0.442. The summed E-state index contributed by atoms with van der Waals surface area (Å²) in [6.45, 7) is 0.675. The normalized spacial score (nSPS) is 17.9. The summed E-state index contributed by atoms with van der Waals surface area (Å²) in [5, 5.41) is 0. The highest BCUT2D eigenvalue weighted by Crippen LogP contribution is 2.22. The molecule has 2 rings (SSSR count). The summed E-state index contributed by atoms with van der Waals surface area (Å²) in [5.41, 5.74) is 7.75. The molecule has 94 valence electrons. The number of nitrogens with two attached hydrogens (primary N) is 1. The molecule has 1 aliphatic carbocycles. The van der Waals surface area contributed by atoms with E-state index in [-0.39, 0.29) is 0 Å². The number of nitrogen functional groups attached to an aromatic ring is 1. The van der Waals surface area contributed by atoms with Gasteiger partial charge < -0.3 is 10.5 Å². The van der Waals surface area contributed by atoms with Crippen LogP contribution in [-0.2, 0) is 11.3 Å². The van der Waals surface area contributed by atoms with E-state index in [0.717, 1.165) is 15.7 Å². The molecule has 0 radical (unpaired) electrons. The molecule has 0 atom stereocenters. The Balaban J connectivity index is 1.87. The van der Waals surface area contributed by atoms with E-state index < -0.39 is 0 Å². The molecule has 0 spiro atoms. The molecule has 1 aromatic carbocycles. The SMILES string of the molecule is Nc1cc(Br)cc(COC2CCCCCC2)c1. The van der Waals surface area contributed by atoms with Gasteiger partial charge in [-0.2, -0.15) is 0 Å². The molecule has 0 saturated heterocycles. The molecule has 0 amide bonds. The number of hydrogen-bond acceptors (Lipinski definition) is 2. The molecule has 1 aromatic rings. The highest BCUT2D eigenvalue weighted by molar-refractivity contribution is 9.10. The lowest BCUT2D eigenvalue weighted by Crippen LogP contribution is -2.11. The van der Waals surface area contributed by atoms with Crippen molar-refractivity contribution in [2.24, 2.45) is 0 Å². The van der Waals surface area contributed by atoms with E-state index in [4.69, 9.17) is 10.5 Å². The summed E-state index contributed by atoms with van der Waals surface area (Å²) in [5.74, 6) is 0. The van der Waals surface area contributed by atoms with Gasteiger partial charge in [0.1, 0.15) is 0 Å². The molecule has 0 bridgehead atoms. The van der Waals surface area contributed by atoms with Gasteiger partial charge in [-0.05, 0) is 36.6 Å². The third-order valence-corrected chi connectivity index (χ3v) is 3.73. The Labute approximate surface area is 112 Å². The third kappa shape index (κ3) is 4.32. The molecule has 1 aliphatic rings. The van der Waals surface area contributed by atoms with E-state index in [2.05, 4.69) is 22.0 Å². The molecule has 0 aromatic heterocycles. The zero-order valence-corrected chi connectivity index (χ0v) is 11.7. The average Bonchev–Trinajstić information content (AvgIpc) is 2.53. The van der Waals surface area contributed by atoms with Gasteiger partial charge in [-0.25, -0.2) is 0 Å². The second-order valence-electron chi connectivity index (χ2n) is 4.82. The van der Waals surface area contributed by atoms with Crippen LogP contribution >= 0.6 is 15.9 Å². The van der Waals surface area contributed by atoms with Crippen molar-refractivity contribution in [3.8, 4) is 0 Å². The maximum Gasteiger partial charge on any atom is 0.0721 e. The molecule has 1 fully saturated rings. The first-order valence-corrected chi connectivity index (χ1v) is 7.20. The van der Waals surface area contributed by atoms with Gasteiger partial charge in [-0.1, -0.05) is 41.6 Å². The van der Waals surface area contributed by atoms with Crippen LogP contribution in [0, 0.1) is 0 Å². The minimum atomic E-state index is 0.442. The number of anilines is 1. The molecular formula is C14H20BrNO. The second kappa shape index (κ2) is 6.41. The topological polar surface area (TPSA) is 35.2 Å². The molecule has 2 nitrogen and oxygen atoms in total.